The molecule has 0 aliphatic carbocycles. The Labute approximate surface area is 147 Å². The molecule has 2 rings (SSSR count). The first-order valence-electron chi connectivity index (χ1n) is 7.30. The molecule has 1 unspecified atom stereocenters. The van der Waals surface area contributed by atoms with Gasteiger partial charge < -0.3 is 16.0 Å². The largest absolute Gasteiger partial charge is 0.351 e. The Morgan fingerprint density at radius 3 is 2.57 bits per heavy atom. The monoisotopic (exact) mass is 358 g/mol. The zero-order valence-corrected chi connectivity index (χ0v) is 14.9. The molecule has 0 aromatic heterocycles. The van der Waals surface area contributed by atoms with E-state index in [2.05, 4.69) is 21.3 Å². The topological polar surface area (TPSA) is 82.3 Å². The van der Waals surface area contributed by atoms with Crippen LogP contribution in [0.2, 0.25) is 0 Å². The van der Waals surface area contributed by atoms with E-state index in [4.69, 9.17) is 0 Å². The number of nitrogens with one attached hydrogen (secondary N) is 4. The Balaban J connectivity index is 0.00000264. The van der Waals surface area contributed by atoms with Gasteiger partial charge in [-0.3, -0.25) is 10.1 Å². The Morgan fingerprint density at radius 2 is 2.00 bits per heavy atom. The predicted octanol–water partition coefficient (Wildman–Crippen LogP) is 1.92. The number of benzene rings is 1. The van der Waals surface area contributed by atoms with Crippen LogP contribution in [0.5, 0.6) is 0 Å². The van der Waals surface area contributed by atoms with Crippen LogP contribution in [0.4, 0.5) is 10.5 Å². The number of carbonyl (C=O) groups is 2. The third-order valence-electron chi connectivity index (χ3n) is 3.13. The molecule has 6 nitrogen and oxygen atoms in total. The van der Waals surface area contributed by atoms with Crippen LogP contribution in [0.1, 0.15) is 19.4 Å². The van der Waals surface area contributed by atoms with E-state index in [-0.39, 0.29) is 36.4 Å². The van der Waals surface area contributed by atoms with Gasteiger partial charge in [-0.2, -0.15) is 0 Å². The molecule has 0 radical (unpaired) electrons. The van der Waals surface area contributed by atoms with Crippen LogP contribution in [0.15, 0.2) is 24.3 Å². The summed E-state index contributed by atoms with van der Waals surface area (Å²) in [7, 11) is 0. The van der Waals surface area contributed by atoms with Crippen molar-refractivity contribution in [2.75, 3.05) is 16.9 Å². The van der Waals surface area contributed by atoms with Crippen LogP contribution >= 0.6 is 24.2 Å². The summed E-state index contributed by atoms with van der Waals surface area (Å²) in [4.78, 5) is 23.5. The van der Waals surface area contributed by atoms with Gasteiger partial charge in [0.25, 0.3) is 0 Å². The average molecular weight is 359 g/mol. The molecule has 23 heavy (non-hydrogen) atoms. The molecule has 0 saturated carbocycles. The van der Waals surface area contributed by atoms with E-state index in [0.717, 1.165) is 22.9 Å². The summed E-state index contributed by atoms with van der Waals surface area (Å²) >= 11 is 1.73. The molecule has 3 amide bonds. The molecule has 0 spiro atoms. The number of anilines is 1. The minimum absolute atomic E-state index is 0. The summed E-state index contributed by atoms with van der Waals surface area (Å²) in [5, 5.41) is 11.6. The lowest BCUT2D eigenvalue weighted by Crippen LogP contribution is -2.41. The molecule has 8 heteroatoms. The third-order valence-corrected chi connectivity index (χ3v) is 4.07. The Bertz CT molecular complexity index is 519. The number of rotatable bonds is 5. The number of halogens is 1. The number of thioether (sulfide) groups is 1. The lowest BCUT2D eigenvalue weighted by Gasteiger charge is -2.12. The fraction of sp³-hybridized carbons (Fsp3) is 0.467. The van der Waals surface area contributed by atoms with Gasteiger partial charge in [-0.25, -0.2) is 4.79 Å². The highest BCUT2D eigenvalue weighted by Crippen LogP contribution is 2.11. The van der Waals surface area contributed by atoms with Gasteiger partial charge in [-0.05, 0) is 31.5 Å². The smallest absolute Gasteiger partial charge is 0.319 e. The Morgan fingerprint density at radius 1 is 1.30 bits per heavy atom. The molecule has 1 fully saturated rings. The van der Waals surface area contributed by atoms with Crippen LogP contribution in [0, 0.1) is 0 Å². The van der Waals surface area contributed by atoms with Crippen LogP contribution in [-0.2, 0) is 11.3 Å². The van der Waals surface area contributed by atoms with Gasteiger partial charge in [0.2, 0.25) is 5.91 Å². The first-order valence-corrected chi connectivity index (χ1v) is 8.45. The molecule has 0 bridgehead atoms. The van der Waals surface area contributed by atoms with E-state index >= 15 is 0 Å². The van der Waals surface area contributed by atoms with Crippen LogP contribution in [0.25, 0.3) is 0 Å². The highest BCUT2D eigenvalue weighted by molar-refractivity contribution is 7.99. The third kappa shape index (κ3) is 6.68. The molecule has 1 aliphatic heterocycles. The predicted molar refractivity (Wildman–Crippen MR) is 97.1 cm³/mol. The molecule has 1 heterocycles. The van der Waals surface area contributed by atoms with Crippen molar-refractivity contribution in [2.24, 2.45) is 0 Å². The molecule has 128 valence electrons. The van der Waals surface area contributed by atoms with E-state index in [9.17, 15) is 9.59 Å². The van der Waals surface area contributed by atoms with Crippen molar-refractivity contribution in [3.63, 3.8) is 0 Å². The maximum absolute atomic E-state index is 11.9. The number of hydrogen-bond acceptors (Lipinski definition) is 4. The fourth-order valence-corrected chi connectivity index (χ4v) is 2.95. The summed E-state index contributed by atoms with van der Waals surface area (Å²) in [6, 6.07) is 7.21. The van der Waals surface area contributed by atoms with E-state index in [1.165, 1.54) is 0 Å². The molecular weight excluding hydrogens is 336 g/mol. The van der Waals surface area contributed by atoms with Gasteiger partial charge in [0.05, 0.1) is 6.04 Å². The van der Waals surface area contributed by atoms with Gasteiger partial charge >= 0.3 is 6.03 Å². The summed E-state index contributed by atoms with van der Waals surface area (Å²) < 4.78 is 0. The van der Waals surface area contributed by atoms with Gasteiger partial charge in [0.1, 0.15) is 0 Å². The SMILES string of the molecule is CC(C)NC(=O)Nc1ccc(CNC(=O)C2CSCN2)cc1.Cl. The van der Waals surface area contributed by atoms with Crippen LogP contribution < -0.4 is 21.3 Å². The highest BCUT2D eigenvalue weighted by atomic mass is 35.5. The molecule has 1 atom stereocenters. The second-order valence-corrected chi connectivity index (χ2v) is 6.47. The molecule has 1 aromatic carbocycles. The van der Waals surface area contributed by atoms with Crippen molar-refractivity contribution < 1.29 is 9.59 Å². The maximum Gasteiger partial charge on any atom is 0.319 e. The average Bonchev–Trinajstić information content (AvgIpc) is 2.99. The minimum Gasteiger partial charge on any atom is -0.351 e. The van der Waals surface area contributed by atoms with Crippen LogP contribution in [0.3, 0.4) is 0 Å². The van der Waals surface area contributed by atoms with Gasteiger partial charge in [-0.15, -0.1) is 24.2 Å². The van der Waals surface area contributed by atoms with Crippen molar-refractivity contribution in [1.29, 1.82) is 0 Å². The highest BCUT2D eigenvalue weighted by Gasteiger charge is 2.21. The van der Waals surface area contributed by atoms with E-state index in [1.807, 2.05) is 38.1 Å². The lowest BCUT2D eigenvalue weighted by molar-refractivity contribution is -0.122. The van der Waals surface area contributed by atoms with Gasteiger partial charge in [0.15, 0.2) is 0 Å². The number of urea groups is 1. The second-order valence-electron chi connectivity index (χ2n) is 5.44. The number of amides is 3. The Kier molecular flexibility index (Phi) is 8.22. The van der Waals surface area contributed by atoms with E-state index in [0.29, 0.717) is 6.54 Å². The summed E-state index contributed by atoms with van der Waals surface area (Å²) in [5.41, 5.74) is 1.72. The molecule has 4 N–H and O–H groups in total. The standard InChI is InChI=1S/C15H22N4O2S.ClH/c1-10(2)18-15(21)19-12-5-3-11(4-6-12)7-16-14(20)13-8-22-9-17-13;/h3-6,10,13,17H,7-9H2,1-2H3,(H,16,20)(H2,18,19,21);1H. The molecule has 1 aliphatic rings. The van der Waals surface area contributed by atoms with Crippen molar-refractivity contribution in [3.8, 4) is 0 Å². The first kappa shape index (κ1) is 19.6. The quantitative estimate of drug-likeness (QED) is 0.648. The van der Waals surface area contributed by atoms with Crippen molar-refractivity contribution in [2.45, 2.75) is 32.5 Å². The molecular formula is C15H23ClN4O2S. The zero-order valence-electron chi connectivity index (χ0n) is 13.2. The van der Waals surface area contributed by atoms with E-state index < -0.39 is 0 Å². The summed E-state index contributed by atoms with van der Waals surface area (Å²) in [6.07, 6.45) is 0. The minimum atomic E-state index is -0.221. The number of carbonyl (C=O) groups excluding carboxylic acids is 2. The zero-order chi connectivity index (χ0) is 15.9. The molecule has 1 aromatic rings. The van der Waals surface area contributed by atoms with Crippen molar-refractivity contribution >= 4 is 41.8 Å². The summed E-state index contributed by atoms with van der Waals surface area (Å²) in [6.45, 7) is 4.30. The molecule has 1 saturated heterocycles. The Hall–Kier alpha value is -1.44. The van der Waals surface area contributed by atoms with Crippen molar-refractivity contribution in [1.82, 2.24) is 16.0 Å². The normalized spacial score (nSPS) is 16.6. The van der Waals surface area contributed by atoms with Crippen molar-refractivity contribution in [3.05, 3.63) is 29.8 Å². The van der Waals surface area contributed by atoms with Gasteiger partial charge in [-0.1, -0.05) is 12.1 Å². The van der Waals surface area contributed by atoms with Crippen LogP contribution in [-0.4, -0.2) is 35.7 Å². The lowest BCUT2D eigenvalue weighted by atomic mass is 10.2. The fourth-order valence-electron chi connectivity index (χ4n) is 2.01. The number of hydrogen-bond donors (Lipinski definition) is 4. The van der Waals surface area contributed by atoms with E-state index in [1.54, 1.807) is 11.8 Å². The second kappa shape index (κ2) is 9.64. The summed E-state index contributed by atoms with van der Waals surface area (Å²) in [5.74, 6) is 1.68. The maximum atomic E-state index is 11.9. The van der Waals surface area contributed by atoms with Gasteiger partial charge in [0, 0.05) is 29.9 Å². The first-order chi connectivity index (χ1) is 10.5.